The first-order valence-corrected chi connectivity index (χ1v) is 8.90. The molecule has 1 heterocycles. The topological polar surface area (TPSA) is 36.4 Å². The summed E-state index contributed by atoms with van der Waals surface area (Å²) in [6.07, 6.45) is 0. The van der Waals surface area contributed by atoms with Gasteiger partial charge in [0.25, 0.3) is 5.91 Å². The smallest absolute Gasteiger partial charge is 0.254 e. The molecule has 0 saturated carbocycles. The van der Waals surface area contributed by atoms with E-state index < -0.39 is 0 Å². The molecular formula is C20H26ClN3O. The highest BCUT2D eigenvalue weighted by Crippen LogP contribution is 2.19. The predicted octanol–water partition coefficient (Wildman–Crippen LogP) is 4.06. The molecule has 25 heavy (non-hydrogen) atoms. The Balaban J connectivity index is 2.27. The number of likely N-dealkylation sites (N-methyl/N-ethyl adjacent to an activating group) is 1. The third-order valence-corrected chi connectivity index (χ3v) is 4.17. The number of carbonyl (C=O) groups excluding carboxylic acids is 1. The van der Waals surface area contributed by atoms with Gasteiger partial charge in [0, 0.05) is 30.9 Å². The summed E-state index contributed by atoms with van der Waals surface area (Å²) in [7, 11) is 4.01. The predicted molar refractivity (Wildman–Crippen MR) is 103 cm³/mol. The van der Waals surface area contributed by atoms with Crippen molar-refractivity contribution >= 4 is 17.5 Å². The molecule has 0 aliphatic rings. The zero-order valence-electron chi connectivity index (χ0n) is 15.4. The Morgan fingerprint density at radius 1 is 1.12 bits per heavy atom. The average molecular weight is 360 g/mol. The van der Waals surface area contributed by atoms with Crippen LogP contribution in [0.15, 0.2) is 42.5 Å². The van der Waals surface area contributed by atoms with Gasteiger partial charge in [0.05, 0.1) is 0 Å². The van der Waals surface area contributed by atoms with Gasteiger partial charge in [-0.1, -0.05) is 55.8 Å². The lowest BCUT2D eigenvalue weighted by Crippen LogP contribution is -2.36. The van der Waals surface area contributed by atoms with Gasteiger partial charge in [-0.3, -0.25) is 4.79 Å². The van der Waals surface area contributed by atoms with Crippen LogP contribution in [0, 0.1) is 0 Å². The number of pyridine rings is 1. The number of amides is 1. The summed E-state index contributed by atoms with van der Waals surface area (Å²) in [6.45, 7) is 6.11. The molecule has 0 radical (unpaired) electrons. The van der Waals surface area contributed by atoms with Crippen molar-refractivity contribution in [3.63, 3.8) is 0 Å². The molecule has 0 N–H and O–H groups in total. The highest BCUT2D eigenvalue weighted by Gasteiger charge is 2.18. The first kappa shape index (κ1) is 19.4. The van der Waals surface area contributed by atoms with E-state index in [9.17, 15) is 4.79 Å². The molecule has 1 aromatic heterocycles. The quantitative estimate of drug-likeness (QED) is 0.699. The molecule has 2 aromatic rings. The zero-order valence-corrected chi connectivity index (χ0v) is 16.1. The van der Waals surface area contributed by atoms with Crippen molar-refractivity contribution in [1.82, 2.24) is 14.8 Å². The van der Waals surface area contributed by atoms with Crippen molar-refractivity contribution in [2.75, 3.05) is 27.2 Å². The van der Waals surface area contributed by atoms with Crippen LogP contribution < -0.4 is 0 Å². The maximum atomic E-state index is 13.1. The number of halogens is 1. The number of hydrogen-bond donors (Lipinski definition) is 0. The van der Waals surface area contributed by atoms with Gasteiger partial charge in [0.15, 0.2) is 0 Å². The summed E-state index contributed by atoms with van der Waals surface area (Å²) in [5.41, 5.74) is 2.54. The van der Waals surface area contributed by atoms with Crippen LogP contribution in [0.3, 0.4) is 0 Å². The van der Waals surface area contributed by atoms with Crippen LogP contribution >= 0.6 is 11.6 Å². The molecule has 2 rings (SSSR count). The van der Waals surface area contributed by atoms with E-state index in [1.54, 1.807) is 6.07 Å². The summed E-state index contributed by atoms with van der Waals surface area (Å²) in [6, 6.07) is 13.5. The first-order chi connectivity index (χ1) is 11.9. The summed E-state index contributed by atoms with van der Waals surface area (Å²) in [5.74, 6) is 0.200. The zero-order chi connectivity index (χ0) is 18.4. The number of rotatable bonds is 7. The second-order valence-electron chi connectivity index (χ2n) is 6.77. The van der Waals surface area contributed by atoms with E-state index >= 15 is 0 Å². The van der Waals surface area contributed by atoms with Crippen LogP contribution in [0.2, 0.25) is 5.15 Å². The molecule has 0 saturated heterocycles. The molecule has 0 aliphatic carbocycles. The van der Waals surface area contributed by atoms with Gasteiger partial charge in [0.1, 0.15) is 5.15 Å². The lowest BCUT2D eigenvalue weighted by molar-refractivity contribution is 0.0731. The number of hydrogen-bond acceptors (Lipinski definition) is 3. The van der Waals surface area contributed by atoms with E-state index in [2.05, 4.69) is 9.88 Å². The van der Waals surface area contributed by atoms with Crippen molar-refractivity contribution in [3.05, 3.63) is 64.4 Å². The monoisotopic (exact) mass is 359 g/mol. The van der Waals surface area contributed by atoms with Crippen molar-refractivity contribution in [1.29, 1.82) is 0 Å². The summed E-state index contributed by atoms with van der Waals surface area (Å²) in [5, 5.41) is 0.363. The van der Waals surface area contributed by atoms with E-state index in [0.717, 1.165) is 17.8 Å². The SMILES string of the molecule is CC(C)c1cc(C(=O)N(CCN(C)C)Cc2ccccc2)cc(Cl)n1. The van der Waals surface area contributed by atoms with Crippen LogP contribution in [0.5, 0.6) is 0 Å². The molecule has 0 fully saturated rings. The number of benzene rings is 1. The van der Waals surface area contributed by atoms with Crippen molar-refractivity contribution < 1.29 is 4.79 Å². The van der Waals surface area contributed by atoms with Crippen LogP contribution in [0.25, 0.3) is 0 Å². The van der Waals surface area contributed by atoms with Crippen LogP contribution in [-0.2, 0) is 6.54 Å². The molecule has 0 bridgehead atoms. The largest absolute Gasteiger partial charge is 0.333 e. The number of nitrogens with zero attached hydrogens (tertiary/aromatic N) is 3. The Hall–Kier alpha value is -1.91. The summed E-state index contributed by atoms with van der Waals surface area (Å²) in [4.78, 5) is 21.4. The minimum absolute atomic E-state index is 0.0168. The third kappa shape index (κ3) is 5.83. The molecule has 0 aliphatic heterocycles. The maximum absolute atomic E-state index is 13.1. The summed E-state index contributed by atoms with van der Waals surface area (Å²) < 4.78 is 0. The lowest BCUT2D eigenvalue weighted by atomic mass is 10.1. The first-order valence-electron chi connectivity index (χ1n) is 8.52. The second-order valence-corrected chi connectivity index (χ2v) is 7.16. The fourth-order valence-electron chi connectivity index (χ4n) is 2.50. The maximum Gasteiger partial charge on any atom is 0.254 e. The third-order valence-electron chi connectivity index (χ3n) is 3.97. The van der Waals surface area contributed by atoms with Gasteiger partial charge >= 0.3 is 0 Å². The van der Waals surface area contributed by atoms with Crippen molar-refractivity contribution in [2.24, 2.45) is 0 Å². The van der Waals surface area contributed by atoms with E-state index in [0.29, 0.717) is 23.8 Å². The average Bonchev–Trinajstić information content (AvgIpc) is 2.58. The van der Waals surface area contributed by atoms with Gasteiger partial charge in [0.2, 0.25) is 0 Å². The Morgan fingerprint density at radius 3 is 2.40 bits per heavy atom. The van der Waals surface area contributed by atoms with Crippen LogP contribution in [0.1, 0.15) is 41.4 Å². The molecule has 1 aromatic carbocycles. The highest BCUT2D eigenvalue weighted by atomic mass is 35.5. The Labute approximate surface area is 155 Å². The standard InChI is InChI=1S/C20H26ClN3O/c1-15(2)18-12-17(13-19(21)22-18)20(25)24(11-10-23(3)4)14-16-8-6-5-7-9-16/h5-9,12-13,15H,10-11,14H2,1-4H3. The van der Waals surface area contributed by atoms with Gasteiger partial charge in [-0.15, -0.1) is 0 Å². The highest BCUT2D eigenvalue weighted by molar-refractivity contribution is 6.29. The molecule has 0 spiro atoms. The van der Waals surface area contributed by atoms with Crippen molar-refractivity contribution in [2.45, 2.75) is 26.3 Å². The number of carbonyl (C=O) groups is 1. The fourth-order valence-corrected chi connectivity index (χ4v) is 2.71. The van der Waals surface area contributed by atoms with E-state index in [1.165, 1.54) is 0 Å². The van der Waals surface area contributed by atoms with E-state index in [4.69, 9.17) is 11.6 Å². The van der Waals surface area contributed by atoms with E-state index in [1.807, 2.05) is 69.2 Å². The fraction of sp³-hybridized carbons (Fsp3) is 0.400. The molecule has 0 atom stereocenters. The van der Waals surface area contributed by atoms with Crippen LogP contribution in [-0.4, -0.2) is 47.9 Å². The van der Waals surface area contributed by atoms with Crippen molar-refractivity contribution in [3.8, 4) is 0 Å². The Bertz CT molecular complexity index is 701. The minimum Gasteiger partial charge on any atom is -0.333 e. The van der Waals surface area contributed by atoms with Gasteiger partial charge in [-0.05, 0) is 37.7 Å². The molecule has 134 valence electrons. The minimum atomic E-state index is -0.0168. The lowest BCUT2D eigenvalue weighted by Gasteiger charge is -2.25. The van der Waals surface area contributed by atoms with E-state index in [-0.39, 0.29) is 11.8 Å². The van der Waals surface area contributed by atoms with Gasteiger partial charge in [-0.2, -0.15) is 0 Å². The Morgan fingerprint density at radius 2 is 1.80 bits per heavy atom. The Kier molecular flexibility index (Phi) is 6.97. The molecule has 5 heteroatoms. The van der Waals surface area contributed by atoms with Gasteiger partial charge < -0.3 is 9.80 Å². The van der Waals surface area contributed by atoms with Gasteiger partial charge in [-0.25, -0.2) is 4.98 Å². The molecular weight excluding hydrogens is 334 g/mol. The molecule has 0 unspecified atom stereocenters. The normalized spacial score (nSPS) is 11.2. The molecule has 4 nitrogen and oxygen atoms in total. The van der Waals surface area contributed by atoms with Crippen LogP contribution in [0.4, 0.5) is 0 Å². The number of aromatic nitrogens is 1. The second kappa shape index (κ2) is 8.97. The molecule has 1 amide bonds. The summed E-state index contributed by atoms with van der Waals surface area (Å²) >= 11 is 6.14.